The number of rotatable bonds is 6. The Kier molecular flexibility index (Phi) is 15.5. The van der Waals surface area contributed by atoms with E-state index in [2.05, 4.69) is 48.5 Å². The van der Waals surface area contributed by atoms with Gasteiger partial charge in [-0.2, -0.15) is 0 Å². The molecule has 0 aromatic heterocycles. The fourth-order valence-electron chi connectivity index (χ4n) is 6.55. The normalized spacial score (nSPS) is 28.2. The van der Waals surface area contributed by atoms with E-state index in [1.54, 1.807) is 0 Å². The Bertz CT molecular complexity index is 1250. The molecule has 0 spiro atoms. The molecule has 3 aliphatic heterocycles. The Hall–Kier alpha value is -2.74. The molecular formula is C40H52O10. The van der Waals surface area contributed by atoms with E-state index in [4.69, 9.17) is 47.4 Å². The average Bonchev–Trinajstić information content (AvgIpc) is 3.16. The van der Waals surface area contributed by atoms with Crippen LogP contribution in [-0.4, -0.2) is 103 Å². The monoisotopic (exact) mass is 692 g/mol. The maximum absolute atomic E-state index is 6.49. The van der Waals surface area contributed by atoms with Crippen molar-refractivity contribution in [1.82, 2.24) is 0 Å². The highest BCUT2D eigenvalue weighted by Gasteiger charge is 2.37. The summed E-state index contributed by atoms with van der Waals surface area (Å²) in [6, 6.07) is 29.2. The van der Waals surface area contributed by atoms with Gasteiger partial charge in [0.1, 0.15) is 38.0 Å². The van der Waals surface area contributed by atoms with Gasteiger partial charge in [0.2, 0.25) is 0 Å². The van der Waals surface area contributed by atoms with E-state index in [9.17, 15) is 0 Å². The van der Waals surface area contributed by atoms with Crippen molar-refractivity contribution in [3.63, 3.8) is 0 Å². The Morgan fingerprint density at radius 1 is 0.460 bits per heavy atom. The first-order chi connectivity index (χ1) is 24.8. The van der Waals surface area contributed by atoms with E-state index in [1.165, 1.54) is 11.1 Å². The third-order valence-electron chi connectivity index (χ3n) is 9.27. The topological polar surface area (TPSA) is 92.3 Å². The summed E-state index contributed by atoms with van der Waals surface area (Å²) in [5, 5.41) is 0. The summed E-state index contributed by atoms with van der Waals surface area (Å²) < 4.78 is 60.8. The minimum absolute atomic E-state index is 0.134. The molecule has 3 aromatic carbocycles. The fourth-order valence-corrected chi connectivity index (χ4v) is 6.55. The van der Waals surface area contributed by atoms with Gasteiger partial charge in [-0.1, -0.05) is 84.9 Å². The zero-order chi connectivity index (χ0) is 34.1. The lowest BCUT2D eigenvalue weighted by Gasteiger charge is -2.38. The van der Waals surface area contributed by atoms with Crippen molar-refractivity contribution < 1.29 is 47.4 Å². The minimum atomic E-state index is -0.274. The number of hydrogen-bond acceptors (Lipinski definition) is 10. The summed E-state index contributed by atoms with van der Waals surface area (Å²) in [4.78, 5) is 0. The summed E-state index contributed by atoms with van der Waals surface area (Å²) in [5.74, 6) is 0. The third-order valence-corrected chi connectivity index (χ3v) is 9.27. The number of benzene rings is 3. The molecule has 50 heavy (non-hydrogen) atoms. The molecule has 2 saturated heterocycles. The first-order valence-electron chi connectivity index (χ1n) is 18.0. The van der Waals surface area contributed by atoms with Gasteiger partial charge in [-0.25, -0.2) is 0 Å². The smallest absolute Gasteiger partial charge is 0.147 e. The van der Waals surface area contributed by atoms with E-state index in [1.807, 2.05) is 36.4 Å². The lowest BCUT2D eigenvalue weighted by Crippen LogP contribution is -2.50. The Morgan fingerprint density at radius 3 is 1.34 bits per heavy atom. The zero-order valence-corrected chi connectivity index (χ0v) is 28.9. The van der Waals surface area contributed by atoms with Crippen LogP contribution in [0.4, 0.5) is 0 Å². The Balaban J connectivity index is 1.12. The van der Waals surface area contributed by atoms with E-state index >= 15 is 0 Å². The van der Waals surface area contributed by atoms with Crippen molar-refractivity contribution in [3.05, 3.63) is 107 Å². The second kappa shape index (κ2) is 20.9. The van der Waals surface area contributed by atoms with Gasteiger partial charge in [0.25, 0.3) is 0 Å². The quantitative estimate of drug-likeness (QED) is 0.340. The Morgan fingerprint density at radius 2 is 0.880 bits per heavy atom. The van der Waals surface area contributed by atoms with E-state index in [-0.39, 0.29) is 50.2 Å². The van der Waals surface area contributed by atoms with Gasteiger partial charge in [-0.15, -0.1) is 0 Å². The van der Waals surface area contributed by atoms with Crippen molar-refractivity contribution >= 4 is 0 Å². The summed E-state index contributed by atoms with van der Waals surface area (Å²) in [6.07, 6.45) is 1.98. The van der Waals surface area contributed by atoms with Crippen LogP contribution in [0.1, 0.15) is 35.1 Å². The van der Waals surface area contributed by atoms with Crippen LogP contribution in [0.3, 0.4) is 0 Å². The SMILES string of the molecule is c1ccc(CO[C@@H]2[C@@H]3COCCOCCOCCOC[C@@H]4OCO[C@H](CCc5cccc(c5)CC[C@H]2OCO3)[C@@H]4OCc2ccccc2)cc1. The molecule has 0 radical (unpaired) electrons. The Labute approximate surface area is 296 Å². The molecule has 0 aliphatic carbocycles. The van der Waals surface area contributed by atoms with Gasteiger partial charge in [-0.05, 0) is 47.9 Å². The average molecular weight is 693 g/mol. The third kappa shape index (κ3) is 11.9. The van der Waals surface area contributed by atoms with Crippen LogP contribution in [0.15, 0.2) is 84.9 Å². The van der Waals surface area contributed by atoms with Crippen LogP contribution in [0.5, 0.6) is 0 Å². The molecule has 6 atom stereocenters. The molecule has 2 fully saturated rings. The highest BCUT2D eigenvalue weighted by atomic mass is 16.7. The summed E-state index contributed by atoms with van der Waals surface area (Å²) in [5.41, 5.74) is 4.73. The van der Waals surface area contributed by atoms with Crippen molar-refractivity contribution in [2.45, 2.75) is 75.5 Å². The lowest BCUT2D eigenvalue weighted by molar-refractivity contribution is -0.256. The maximum atomic E-state index is 6.49. The highest BCUT2D eigenvalue weighted by molar-refractivity contribution is 5.24. The van der Waals surface area contributed by atoms with Crippen molar-refractivity contribution in [1.29, 1.82) is 0 Å². The second-order valence-corrected chi connectivity index (χ2v) is 12.9. The molecule has 0 N–H and O–H groups in total. The highest BCUT2D eigenvalue weighted by Crippen LogP contribution is 2.26. The van der Waals surface area contributed by atoms with E-state index in [0.717, 1.165) is 36.8 Å². The zero-order valence-electron chi connectivity index (χ0n) is 28.9. The van der Waals surface area contributed by atoms with Gasteiger partial charge < -0.3 is 47.4 Å². The van der Waals surface area contributed by atoms with Crippen LogP contribution < -0.4 is 0 Å². The van der Waals surface area contributed by atoms with Crippen LogP contribution in [0, 0.1) is 0 Å². The molecule has 6 rings (SSSR count). The molecular weight excluding hydrogens is 640 g/mol. The van der Waals surface area contributed by atoms with Gasteiger partial charge in [0.05, 0.1) is 78.3 Å². The minimum Gasteiger partial charge on any atom is -0.377 e. The molecule has 6 bridgehead atoms. The van der Waals surface area contributed by atoms with Crippen LogP contribution in [0.2, 0.25) is 0 Å². The van der Waals surface area contributed by atoms with Crippen molar-refractivity contribution in [3.8, 4) is 0 Å². The molecule has 0 unspecified atom stereocenters. The van der Waals surface area contributed by atoms with Crippen LogP contribution in [-0.2, 0) is 73.4 Å². The van der Waals surface area contributed by atoms with Crippen molar-refractivity contribution in [2.24, 2.45) is 0 Å². The fraction of sp³-hybridized carbons (Fsp3) is 0.550. The molecule has 3 aromatic rings. The standard InChI is InChI=1S/C40H52O10/c1-3-8-33(9-4-1)25-45-39-35-16-14-31-12-7-13-32(24-31)15-17-36-40(46-26-34-10-5-2-6-11-34)38(50-30-48-36)28-44-23-21-42-19-18-41-20-22-43-27-37(39)49-29-47-35/h1-13,24,35-40H,14-23,25-30H2/t35-,36-,37+,38+,39+,40+/m1/s1. The van der Waals surface area contributed by atoms with Crippen LogP contribution in [0.25, 0.3) is 0 Å². The number of aryl methyl sites for hydroxylation is 2. The van der Waals surface area contributed by atoms with Gasteiger partial charge in [0.15, 0.2) is 0 Å². The largest absolute Gasteiger partial charge is 0.377 e. The van der Waals surface area contributed by atoms with Crippen molar-refractivity contribution in [2.75, 3.05) is 66.4 Å². The second-order valence-electron chi connectivity index (χ2n) is 12.9. The summed E-state index contributed by atoms with van der Waals surface area (Å²) in [7, 11) is 0. The molecule has 3 heterocycles. The predicted molar refractivity (Wildman–Crippen MR) is 186 cm³/mol. The van der Waals surface area contributed by atoms with Gasteiger partial charge in [-0.3, -0.25) is 0 Å². The first-order valence-corrected chi connectivity index (χ1v) is 18.0. The number of hydrogen-bond donors (Lipinski definition) is 0. The van der Waals surface area contributed by atoms with Crippen LogP contribution >= 0.6 is 0 Å². The molecule has 10 heteroatoms. The molecule has 272 valence electrons. The maximum Gasteiger partial charge on any atom is 0.147 e. The number of ether oxygens (including phenoxy) is 10. The van der Waals surface area contributed by atoms with E-state index < -0.39 is 0 Å². The molecule has 0 saturated carbocycles. The molecule has 3 aliphatic rings. The number of fused-ring (bicyclic) bond motifs is 6. The molecule has 0 amide bonds. The summed E-state index contributed by atoms with van der Waals surface area (Å²) >= 11 is 0. The lowest BCUT2D eigenvalue weighted by atomic mass is 9.96. The first kappa shape index (κ1) is 37.0. The molecule has 10 nitrogen and oxygen atoms in total. The van der Waals surface area contributed by atoms with Gasteiger partial charge >= 0.3 is 0 Å². The predicted octanol–water partition coefficient (Wildman–Crippen LogP) is 5.29. The van der Waals surface area contributed by atoms with E-state index in [0.29, 0.717) is 66.1 Å². The van der Waals surface area contributed by atoms with Gasteiger partial charge in [0, 0.05) is 0 Å². The summed E-state index contributed by atoms with van der Waals surface area (Å²) in [6.45, 7) is 4.94.